The van der Waals surface area contributed by atoms with Crippen LogP contribution in [0.15, 0.2) is 12.2 Å². The van der Waals surface area contributed by atoms with E-state index in [9.17, 15) is 19.5 Å². The molecule has 0 fully saturated rings. The van der Waals surface area contributed by atoms with E-state index in [2.05, 4.69) is 5.32 Å². The third-order valence-electron chi connectivity index (χ3n) is 4.72. The Kier molecular flexibility index (Phi) is 5.22. The zero-order valence-corrected chi connectivity index (χ0v) is 14.9. The molecule has 0 saturated heterocycles. The number of allylic oxidation sites excluding steroid dienone is 2. The minimum Gasteiger partial charge on any atom is -0.481 e. The number of esters is 1. The first-order valence-corrected chi connectivity index (χ1v) is 9.34. The van der Waals surface area contributed by atoms with Crippen molar-refractivity contribution in [2.75, 3.05) is 11.9 Å². The van der Waals surface area contributed by atoms with Gasteiger partial charge in [0, 0.05) is 4.88 Å². The van der Waals surface area contributed by atoms with Crippen molar-refractivity contribution in [2.45, 2.75) is 39.0 Å². The summed E-state index contributed by atoms with van der Waals surface area (Å²) in [6.45, 7) is 2.01. The SMILES string of the molecule is CCOC(=O)c1c(NC(=O)[C@H]2CC=CC[C@@H]2C(=O)O)sc2c1CCC2. The average molecular weight is 363 g/mol. The van der Waals surface area contributed by atoms with Gasteiger partial charge in [-0.15, -0.1) is 11.3 Å². The summed E-state index contributed by atoms with van der Waals surface area (Å²) in [5.41, 5.74) is 1.42. The van der Waals surface area contributed by atoms with Gasteiger partial charge in [0.15, 0.2) is 0 Å². The molecular formula is C18H21NO5S. The lowest BCUT2D eigenvalue weighted by molar-refractivity contribution is -0.146. The lowest BCUT2D eigenvalue weighted by atomic mass is 9.82. The number of thiophene rings is 1. The molecule has 0 aliphatic heterocycles. The second-order valence-corrected chi connectivity index (χ2v) is 7.37. The molecule has 0 radical (unpaired) electrons. The van der Waals surface area contributed by atoms with Crippen LogP contribution in [0.4, 0.5) is 5.00 Å². The summed E-state index contributed by atoms with van der Waals surface area (Å²) in [6, 6.07) is 0. The highest BCUT2D eigenvalue weighted by Crippen LogP contribution is 2.40. The summed E-state index contributed by atoms with van der Waals surface area (Å²) in [7, 11) is 0. The molecule has 25 heavy (non-hydrogen) atoms. The van der Waals surface area contributed by atoms with Crippen molar-refractivity contribution in [2.24, 2.45) is 11.8 Å². The van der Waals surface area contributed by atoms with Crippen LogP contribution in [0.25, 0.3) is 0 Å². The maximum Gasteiger partial charge on any atom is 0.341 e. The molecule has 1 heterocycles. The smallest absolute Gasteiger partial charge is 0.341 e. The van der Waals surface area contributed by atoms with Crippen molar-refractivity contribution >= 4 is 34.2 Å². The molecule has 2 aliphatic carbocycles. The molecular weight excluding hydrogens is 342 g/mol. The van der Waals surface area contributed by atoms with Gasteiger partial charge < -0.3 is 15.2 Å². The molecule has 134 valence electrons. The molecule has 1 amide bonds. The second-order valence-electron chi connectivity index (χ2n) is 6.27. The number of ether oxygens (including phenoxy) is 1. The molecule has 0 unspecified atom stereocenters. The van der Waals surface area contributed by atoms with E-state index in [1.165, 1.54) is 11.3 Å². The number of amides is 1. The van der Waals surface area contributed by atoms with Crippen LogP contribution in [-0.4, -0.2) is 29.6 Å². The zero-order chi connectivity index (χ0) is 18.0. The van der Waals surface area contributed by atoms with Crippen molar-refractivity contribution in [3.05, 3.63) is 28.2 Å². The van der Waals surface area contributed by atoms with Gasteiger partial charge in [-0.25, -0.2) is 4.79 Å². The minimum absolute atomic E-state index is 0.269. The van der Waals surface area contributed by atoms with E-state index in [-0.39, 0.29) is 12.5 Å². The summed E-state index contributed by atoms with van der Waals surface area (Å²) in [4.78, 5) is 37.6. The second kappa shape index (κ2) is 7.39. The number of hydrogen-bond donors (Lipinski definition) is 2. The number of aliphatic carboxylic acids is 1. The number of nitrogens with one attached hydrogen (secondary N) is 1. The van der Waals surface area contributed by atoms with Crippen LogP contribution in [0, 0.1) is 11.8 Å². The average Bonchev–Trinajstić information content (AvgIpc) is 3.15. The first-order chi connectivity index (χ1) is 12.0. The van der Waals surface area contributed by atoms with Gasteiger partial charge in [0.1, 0.15) is 5.00 Å². The van der Waals surface area contributed by atoms with Crippen molar-refractivity contribution in [3.63, 3.8) is 0 Å². The van der Waals surface area contributed by atoms with Gasteiger partial charge in [-0.1, -0.05) is 12.2 Å². The number of aryl methyl sites for hydroxylation is 1. The number of carboxylic acid groups (broad SMARTS) is 1. The Labute approximate surface area is 149 Å². The Morgan fingerprint density at radius 1 is 1.24 bits per heavy atom. The number of carboxylic acids is 1. The summed E-state index contributed by atoms with van der Waals surface area (Å²) in [5.74, 6) is -3.10. The lowest BCUT2D eigenvalue weighted by Gasteiger charge is -2.24. The van der Waals surface area contributed by atoms with Crippen LogP contribution in [-0.2, 0) is 27.2 Å². The van der Waals surface area contributed by atoms with Crippen molar-refractivity contribution < 1.29 is 24.2 Å². The van der Waals surface area contributed by atoms with Gasteiger partial charge in [-0.2, -0.15) is 0 Å². The molecule has 2 N–H and O–H groups in total. The van der Waals surface area contributed by atoms with Crippen LogP contribution >= 0.6 is 11.3 Å². The standard InChI is InChI=1S/C18H21NO5S/c1-2-24-18(23)14-12-8-5-9-13(12)25-16(14)19-15(20)10-6-3-4-7-11(10)17(21)22/h3-4,10-11H,2,5-9H2,1H3,(H,19,20)(H,21,22)/t10-,11-/m0/s1. The monoisotopic (exact) mass is 363 g/mol. The first-order valence-electron chi connectivity index (χ1n) is 8.53. The molecule has 0 saturated carbocycles. The highest BCUT2D eigenvalue weighted by atomic mass is 32.1. The molecule has 6 nitrogen and oxygen atoms in total. The van der Waals surface area contributed by atoms with Crippen molar-refractivity contribution in [1.29, 1.82) is 0 Å². The molecule has 3 rings (SSSR count). The van der Waals surface area contributed by atoms with Crippen molar-refractivity contribution in [1.82, 2.24) is 0 Å². The lowest BCUT2D eigenvalue weighted by Crippen LogP contribution is -2.34. The zero-order valence-electron chi connectivity index (χ0n) is 14.0. The highest BCUT2D eigenvalue weighted by molar-refractivity contribution is 7.17. The minimum atomic E-state index is -0.969. The molecule has 0 bridgehead atoms. The number of hydrogen-bond acceptors (Lipinski definition) is 5. The molecule has 2 aliphatic rings. The molecule has 1 aromatic rings. The topological polar surface area (TPSA) is 92.7 Å². The molecule has 0 aromatic carbocycles. The summed E-state index contributed by atoms with van der Waals surface area (Å²) >= 11 is 1.41. The first kappa shape index (κ1) is 17.7. The Bertz CT molecular complexity index is 736. The van der Waals surface area contributed by atoms with Gasteiger partial charge in [-0.3, -0.25) is 9.59 Å². The van der Waals surface area contributed by atoms with E-state index >= 15 is 0 Å². The number of fused-ring (bicyclic) bond motifs is 1. The number of carbonyl (C=O) groups excluding carboxylic acids is 2. The largest absolute Gasteiger partial charge is 0.481 e. The van der Waals surface area contributed by atoms with Crippen LogP contribution in [0.1, 0.15) is 47.0 Å². The fourth-order valence-electron chi connectivity index (χ4n) is 3.49. The number of anilines is 1. The molecule has 0 spiro atoms. The van der Waals surface area contributed by atoms with Crippen LogP contribution in [0.2, 0.25) is 0 Å². The van der Waals surface area contributed by atoms with Gasteiger partial charge in [0.25, 0.3) is 0 Å². The summed E-state index contributed by atoms with van der Waals surface area (Å²) < 4.78 is 5.15. The van der Waals surface area contributed by atoms with E-state index in [0.717, 1.165) is 29.7 Å². The maximum absolute atomic E-state index is 12.7. The highest BCUT2D eigenvalue weighted by Gasteiger charge is 2.35. The van der Waals surface area contributed by atoms with E-state index in [4.69, 9.17) is 4.74 Å². The quantitative estimate of drug-likeness (QED) is 0.620. The Balaban J connectivity index is 1.85. The van der Waals surface area contributed by atoms with Gasteiger partial charge in [-0.05, 0) is 44.6 Å². The molecule has 1 aromatic heterocycles. The Morgan fingerprint density at radius 3 is 2.64 bits per heavy atom. The van der Waals surface area contributed by atoms with Gasteiger partial charge in [0.05, 0.1) is 24.0 Å². The predicted octanol–water partition coefficient (Wildman–Crippen LogP) is 3.02. The third kappa shape index (κ3) is 3.46. The van der Waals surface area contributed by atoms with Crippen LogP contribution in [0.3, 0.4) is 0 Å². The van der Waals surface area contributed by atoms with Crippen LogP contribution < -0.4 is 5.32 Å². The normalized spacial score (nSPS) is 21.6. The fourth-order valence-corrected chi connectivity index (χ4v) is 4.77. The van der Waals surface area contributed by atoms with Gasteiger partial charge in [0.2, 0.25) is 5.91 Å². The van der Waals surface area contributed by atoms with Crippen LogP contribution in [0.5, 0.6) is 0 Å². The predicted molar refractivity (Wildman–Crippen MR) is 93.9 cm³/mol. The summed E-state index contributed by atoms with van der Waals surface area (Å²) in [6.07, 6.45) is 7.07. The number of carbonyl (C=O) groups is 3. The van der Waals surface area contributed by atoms with Gasteiger partial charge >= 0.3 is 11.9 Å². The van der Waals surface area contributed by atoms with E-state index < -0.39 is 23.8 Å². The Morgan fingerprint density at radius 2 is 1.96 bits per heavy atom. The maximum atomic E-state index is 12.7. The van der Waals surface area contributed by atoms with E-state index in [0.29, 0.717) is 23.4 Å². The number of rotatable bonds is 5. The van der Waals surface area contributed by atoms with Crippen molar-refractivity contribution in [3.8, 4) is 0 Å². The van der Waals surface area contributed by atoms with E-state index in [1.807, 2.05) is 6.08 Å². The third-order valence-corrected chi connectivity index (χ3v) is 5.93. The summed E-state index contributed by atoms with van der Waals surface area (Å²) in [5, 5.41) is 12.7. The molecule has 2 atom stereocenters. The fraction of sp³-hybridized carbons (Fsp3) is 0.500. The molecule has 7 heteroatoms. The Hall–Kier alpha value is -2.15. The van der Waals surface area contributed by atoms with E-state index in [1.54, 1.807) is 13.0 Å².